The van der Waals surface area contributed by atoms with E-state index in [9.17, 15) is 4.79 Å². The number of benzene rings is 2. The number of anilines is 1. The fourth-order valence-corrected chi connectivity index (χ4v) is 3.45. The summed E-state index contributed by atoms with van der Waals surface area (Å²) in [6.45, 7) is 2.10. The summed E-state index contributed by atoms with van der Waals surface area (Å²) in [5.41, 5.74) is 1.93. The van der Waals surface area contributed by atoms with E-state index >= 15 is 0 Å². The van der Waals surface area contributed by atoms with Crippen LogP contribution in [0.15, 0.2) is 59.8 Å². The first-order chi connectivity index (χ1) is 11.2. The normalized spacial score (nSPS) is 11.0. The van der Waals surface area contributed by atoms with Crippen LogP contribution in [-0.2, 0) is 11.3 Å². The summed E-state index contributed by atoms with van der Waals surface area (Å²) < 4.78 is 1.26. The van der Waals surface area contributed by atoms with E-state index in [0.717, 1.165) is 0 Å². The zero-order chi connectivity index (χ0) is 16.1. The molecule has 0 atom stereocenters. The van der Waals surface area contributed by atoms with Crippen LogP contribution >= 0.6 is 11.3 Å². The third-order valence-electron chi connectivity index (χ3n) is 3.45. The van der Waals surface area contributed by atoms with Gasteiger partial charge < -0.3 is 0 Å². The number of hydrogen-bond acceptors (Lipinski definition) is 4. The summed E-state index contributed by atoms with van der Waals surface area (Å²) in [4.78, 5) is 17.6. The summed E-state index contributed by atoms with van der Waals surface area (Å²) in [5.74, 6) is 0. The number of thiophene rings is 1. The van der Waals surface area contributed by atoms with Gasteiger partial charge in [-0.1, -0.05) is 41.6 Å². The average molecular weight is 324 g/mol. The van der Waals surface area contributed by atoms with Gasteiger partial charge in [0.2, 0.25) is 0 Å². The van der Waals surface area contributed by atoms with Crippen LogP contribution in [0.1, 0.15) is 10.4 Å². The van der Waals surface area contributed by atoms with E-state index in [1.807, 2.05) is 30.3 Å². The second kappa shape index (κ2) is 7.07. The molecule has 3 aromatic rings. The van der Waals surface area contributed by atoms with E-state index in [1.54, 1.807) is 29.7 Å². The zero-order valence-electron chi connectivity index (χ0n) is 12.7. The first-order valence-electron chi connectivity index (χ1n) is 7.26. The fourth-order valence-electron chi connectivity index (χ4n) is 2.29. The van der Waals surface area contributed by atoms with Crippen molar-refractivity contribution in [2.45, 2.75) is 13.3 Å². The van der Waals surface area contributed by atoms with Crippen molar-refractivity contribution >= 4 is 39.4 Å². The molecule has 0 aliphatic heterocycles. The molecule has 0 radical (unpaired) electrons. The Morgan fingerprint density at radius 3 is 2.70 bits per heavy atom. The van der Waals surface area contributed by atoms with Gasteiger partial charge in [-0.25, -0.2) is 4.79 Å². The summed E-state index contributed by atoms with van der Waals surface area (Å²) in [5, 5.41) is 7.61. The van der Waals surface area contributed by atoms with Crippen molar-refractivity contribution in [2.24, 2.45) is 5.16 Å². The van der Waals surface area contributed by atoms with Gasteiger partial charge in [0, 0.05) is 27.9 Å². The number of amides is 1. The van der Waals surface area contributed by atoms with Crippen LogP contribution < -0.4 is 5.32 Å². The van der Waals surface area contributed by atoms with Gasteiger partial charge in [0.25, 0.3) is 0 Å². The number of carbonyl (C=O) groups excluding carboxylic acids is 1. The van der Waals surface area contributed by atoms with E-state index in [4.69, 9.17) is 4.84 Å². The molecule has 0 saturated heterocycles. The zero-order valence-corrected chi connectivity index (χ0v) is 13.5. The lowest BCUT2D eigenvalue weighted by molar-refractivity contribution is 0.167. The topological polar surface area (TPSA) is 50.7 Å². The number of hydrogen-bond donors (Lipinski definition) is 1. The van der Waals surface area contributed by atoms with E-state index in [1.165, 1.54) is 20.5 Å². The van der Waals surface area contributed by atoms with E-state index < -0.39 is 6.09 Å². The average Bonchev–Trinajstić information content (AvgIpc) is 2.89. The van der Waals surface area contributed by atoms with Gasteiger partial charge in [-0.2, -0.15) is 0 Å². The maximum Gasteiger partial charge on any atom is 0.437 e. The molecule has 116 valence electrons. The molecule has 2 aromatic carbocycles. The number of oxime groups is 1. The van der Waals surface area contributed by atoms with Crippen LogP contribution in [0.2, 0.25) is 0 Å². The predicted molar refractivity (Wildman–Crippen MR) is 95.3 cm³/mol. The second-order valence-electron chi connectivity index (χ2n) is 5.01. The van der Waals surface area contributed by atoms with Crippen molar-refractivity contribution < 1.29 is 9.63 Å². The molecule has 0 bridgehead atoms. The summed E-state index contributed by atoms with van der Waals surface area (Å²) >= 11 is 1.74. The number of carbonyl (C=O) groups is 1. The third-order valence-corrected chi connectivity index (χ3v) is 4.74. The lowest BCUT2D eigenvalue weighted by Crippen LogP contribution is -2.10. The van der Waals surface area contributed by atoms with Crippen molar-refractivity contribution in [3.05, 3.63) is 65.0 Å². The first kappa shape index (κ1) is 15.2. The lowest BCUT2D eigenvalue weighted by Gasteiger charge is -2.01. The summed E-state index contributed by atoms with van der Waals surface area (Å²) in [6.07, 6.45) is 1.66. The van der Waals surface area contributed by atoms with Gasteiger partial charge in [-0.15, -0.1) is 11.3 Å². The molecule has 0 aliphatic carbocycles. The Bertz CT molecular complexity index is 841. The molecule has 1 aromatic heterocycles. The molecule has 3 rings (SSSR count). The maximum atomic E-state index is 11.6. The Labute approximate surface area is 138 Å². The Morgan fingerprint density at radius 2 is 1.91 bits per heavy atom. The number of rotatable bonds is 4. The number of nitrogens with one attached hydrogen (secondary N) is 1. The Balaban J connectivity index is 1.56. The molecule has 1 heterocycles. The highest BCUT2D eigenvalue weighted by Gasteiger charge is 2.06. The molecule has 0 spiro atoms. The molecule has 0 saturated carbocycles. The molecule has 4 nitrogen and oxygen atoms in total. The van der Waals surface area contributed by atoms with Crippen LogP contribution in [0.3, 0.4) is 0 Å². The Kier molecular flexibility index (Phi) is 4.68. The SMILES string of the molecule is Cc1c(C/C=N/OC(=O)Nc2ccccc2)sc2ccccc12. The molecular weight excluding hydrogens is 308 g/mol. The third kappa shape index (κ3) is 3.76. The molecular formula is C18H16N2O2S. The summed E-state index contributed by atoms with van der Waals surface area (Å²) in [7, 11) is 0. The molecule has 0 unspecified atom stereocenters. The quantitative estimate of drug-likeness (QED) is 0.418. The van der Waals surface area contributed by atoms with Crippen molar-refractivity contribution in [3.63, 3.8) is 0 Å². The number of nitrogens with zero attached hydrogens (tertiary/aromatic N) is 1. The highest BCUT2D eigenvalue weighted by molar-refractivity contribution is 7.19. The first-order valence-corrected chi connectivity index (χ1v) is 8.07. The number of fused-ring (bicyclic) bond motifs is 1. The molecule has 0 fully saturated rings. The molecule has 0 aliphatic rings. The molecule has 1 N–H and O–H groups in total. The molecule has 1 amide bonds. The largest absolute Gasteiger partial charge is 0.437 e. The minimum atomic E-state index is -0.597. The van der Waals surface area contributed by atoms with Gasteiger partial charge in [0.1, 0.15) is 0 Å². The van der Waals surface area contributed by atoms with Crippen molar-refractivity contribution in [2.75, 3.05) is 5.32 Å². The van der Waals surface area contributed by atoms with E-state index in [0.29, 0.717) is 12.1 Å². The monoisotopic (exact) mass is 324 g/mol. The Hall–Kier alpha value is -2.66. The van der Waals surface area contributed by atoms with Crippen LogP contribution in [-0.4, -0.2) is 12.3 Å². The molecule has 23 heavy (non-hydrogen) atoms. The minimum absolute atomic E-state index is 0.597. The minimum Gasteiger partial charge on any atom is -0.298 e. The van der Waals surface area contributed by atoms with Crippen molar-refractivity contribution in [3.8, 4) is 0 Å². The van der Waals surface area contributed by atoms with Crippen LogP contribution in [0.25, 0.3) is 10.1 Å². The van der Waals surface area contributed by atoms with Gasteiger partial charge >= 0.3 is 6.09 Å². The predicted octanol–water partition coefficient (Wildman–Crippen LogP) is 4.99. The van der Waals surface area contributed by atoms with Crippen LogP contribution in [0.5, 0.6) is 0 Å². The smallest absolute Gasteiger partial charge is 0.298 e. The van der Waals surface area contributed by atoms with Gasteiger partial charge in [0.15, 0.2) is 0 Å². The van der Waals surface area contributed by atoms with Crippen molar-refractivity contribution in [1.82, 2.24) is 0 Å². The number of aryl methyl sites for hydroxylation is 1. The molecule has 5 heteroatoms. The van der Waals surface area contributed by atoms with Gasteiger partial charge in [-0.05, 0) is 36.1 Å². The van der Waals surface area contributed by atoms with Gasteiger partial charge in [0.05, 0.1) is 0 Å². The standard InChI is InChI=1S/C18H16N2O2S/c1-13-15-9-5-6-10-17(15)23-16(13)11-12-19-22-18(21)20-14-7-3-2-4-8-14/h2-10,12H,11H2,1H3,(H,20,21)/b19-12+. The van der Waals surface area contributed by atoms with Gasteiger partial charge in [-0.3, -0.25) is 10.2 Å². The lowest BCUT2D eigenvalue weighted by atomic mass is 10.1. The Morgan fingerprint density at radius 1 is 1.17 bits per heavy atom. The van der Waals surface area contributed by atoms with E-state index in [2.05, 4.69) is 29.5 Å². The maximum absolute atomic E-state index is 11.6. The highest BCUT2D eigenvalue weighted by atomic mass is 32.1. The van der Waals surface area contributed by atoms with Crippen molar-refractivity contribution in [1.29, 1.82) is 0 Å². The second-order valence-corrected chi connectivity index (χ2v) is 6.15. The summed E-state index contributed by atoms with van der Waals surface area (Å²) in [6, 6.07) is 17.4. The fraction of sp³-hybridized carbons (Fsp3) is 0.111. The van der Waals surface area contributed by atoms with Crippen LogP contribution in [0.4, 0.5) is 10.5 Å². The van der Waals surface area contributed by atoms with Crippen LogP contribution in [0, 0.1) is 6.92 Å². The number of para-hydroxylation sites is 1. The highest BCUT2D eigenvalue weighted by Crippen LogP contribution is 2.30. The van der Waals surface area contributed by atoms with E-state index in [-0.39, 0.29) is 0 Å².